The zero-order chi connectivity index (χ0) is 30.1. The first-order chi connectivity index (χ1) is 20.2. The molecule has 0 fully saturated rings. The number of benzene rings is 3. The molecular weight excluding hydrogens is 562 g/mol. The van der Waals surface area contributed by atoms with Crippen LogP contribution in [-0.2, 0) is 4.79 Å². The fourth-order valence-electron chi connectivity index (χ4n) is 5.64. The van der Waals surface area contributed by atoms with Crippen LogP contribution in [0.25, 0.3) is 0 Å². The number of ketones is 1. The number of carbonyl (C=O) groups is 1. The number of allylic oxidation sites excluding steroid dienone is 3. The van der Waals surface area contributed by atoms with Gasteiger partial charge in [0.25, 0.3) is 11.4 Å². The first-order valence-corrected chi connectivity index (χ1v) is 13.4. The minimum Gasteiger partial charge on any atom is -0.494 e. The second-order valence-corrected chi connectivity index (χ2v) is 10.2. The second kappa shape index (κ2) is 11.3. The number of nitrogens with two attached hydrogens (primary N) is 1. The molecule has 42 heavy (non-hydrogen) atoms. The fourth-order valence-corrected chi connectivity index (χ4v) is 5.86. The van der Waals surface area contributed by atoms with Crippen LogP contribution >= 0.6 is 11.6 Å². The number of nitrogens with zero attached hydrogens (tertiary/aromatic N) is 4. The highest BCUT2D eigenvalue weighted by Crippen LogP contribution is 2.52. The maximum absolute atomic E-state index is 14.0. The van der Waals surface area contributed by atoms with Crippen molar-refractivity contribution in [2.24, 2.45) is 5.73 Å². The third kappa shape index (κ3) is 4.93. The lowest BCUT2D eigenvalue weighted by atomic mass is 9.71. The molecule has 0 spiro atoms. The molecule has 0 radical (unpaired) electrons. The van der Waals surface area contributed by atoms with Crippen molar-refractivity contribution in [3.63, 3.8) is 0 Å². The molecule has 0 saturated heterocycles. The minimum atomic E-state index is -1.11. The van der Waals surface area contributed by atoms with Gasteiger partial charge in [-0.25, -0.2) is 0 Å². The third-order valence-electron chi connectivity index (χ3n) is 7.44. The zero-order valence-corrected chi connectivity index (χ0v) is 23.1. The summed E-state index contributed by atoms with van der Waals surface area (Å²) in [4.78, 5) is 38.1. The van der Waals surface area contributed by atoms with Crippen molar-refractivity contribution >= 4 is 34.4 Å². The number of halogens is 1. The van der Waals surface area contributed by atoms with Gasteiger partial charge in [-0.3, -0.25) is 29.9 Å². The number of nitro groups is 2. The number of rotatable bonds is 7. The average molecular weight is 586 g/mol. The highest BCUT2D eigenvalue weighted by Gasteiger charge is 2.45. The lowest BCUT2D eigenvalue weighted by molar-refractivity contribution is -0.384. The summed E-state index contributed by atoms with van der Waals surface area (Å²) in [6, 6.07) is 19.5. The SMILES string of the molecule is CCOc1ccc(N2C(N)=C(C#N)[C@@H](c3cc([N+](=O)[O-])ccc3Cl)C3=C2C[C@@H](c2ccccc2)CC3=O)c([N+](=O)[O-])c1. The molecule has 3 aromatic carbocycles. The first kappa shape index (κ1) is 28.3. The van der Waals surface area contributed by atoms with Crippen LogP contribution in [0.1, 0.15) is 42.7 Å². The molecule has 2 aliphatic rings. The average Bonchev–Trinajstić information content (AvgIpc) is 2.97. The highest BCUT2D eigenvalue weighted by molar-refractivity contribution is 6.31. The van der Waals surface area contributed by atoms with Crippen molar-refractivity contribution < 1.29 is 19.4 Å². The van der Waals surface area contributed by atoms with Crippen LogP contribution in [0.5, 0.6) is 5.75 Å². The molecule has 3 aromatic rings. The van der Waals surface area contributed by atoms with Crippen molar-refractivity contribution in [1.82, 2.24) is 0 Å². The van der Waals surface area contributed by atoms with Crippen LogP contribution in [0, 0.1) is 31.6 Å². The Morgan fingerprint density at radius 3 is 2.45 bits per heavy atom. The highest BCUT2D eigenvalue weighted by atomic mass is 35.5. The van der Waals surface area contributed by atoms with E-state index in [0.717, 1.165) is 5.56 Å². The van der Waals surface area contributed by atoms with Gasteiger partial charge in [0.2, 0.25) is 0 Å². The summed E-state index contributed by atoms with van der Waals surface area (Å²) < 4.78 is 5.47. The van der Waals surface area contributed by atoms with Crippen molar-refractivity contribution in [3.05, 3.63) is 126 Å². The van der Waals surface area contributed by atoms with Crippen LogP contribution in [0.15, 0.2) is 89.4 Å². The molecule has 212 valence electrons. The van der Waals surface area contributed by atoms with Gasteiger partial charge < -0.3 is 10.5 Å². The Hall–Kier alpha value is -5.21. The van der Waals surface area contributed by atoms with Gasteiger partial charge in [-0.15, -0.1) is 0 Å². The molecule has 2 atom stereocenters. The smallest absolute Gasteiger partial charge is 0.296 e. The number of Topliss-reactive ketones (excluding diaryl/α,β-unsaturated/α-hetero) is 1. The number of non-ortho nitro benzene ring substituents is 1. The molecule has 2 N–H and O–H groups in total. The van der Waals surface area contributed by atoms with Gasteiger partial charge in [0.15, 0.2) is 5.78 Å². The van der Waals surface area contributed by atoms with E-state index in [2.05, 4.69) is 6.07 Å². The molecule has 0 aromatic heterocycles. The standard InChI is InChI=1S/C30H24ClN5O6/c1-2-42-20-9-11-24(25(15-20)36(40)41)34-26-12-18(17-6-4-3-5-7-17)13-27(37)29(26)28(22(16-32)30(34)33)21-14-19(35(38)39)8-10-23(21)31/h3-11,14-15,18,28H,2,12-13,33H2,1H3/t18-,28-/m1/s1. The largest absolute Gasteiger partial charge is 0.494 e. The van der Waals surface area contributed by atoms with Gasteiger partial charge in [-0.2, -0.15) is 5.26 Å². The van der Waals surface area contributed by atoms with Crippen LogP contribution in [0.4, 0.5) is 17.1 Å². The quantitative estimate of drug-likeness (QED) is 0.249. The van der Waals surface area contributed by atoms with E-state index in [4.69, 9.17) is 22.1 Å². The number of anilines is 1. The maximum Gasteiger partial charge on any atom is 0.296 e. The Labute approximate surface area is 245 Å². The van der Waals surface area contributed by atoms with Crippen molar-refractivity contribution in [2.75, 3.05) is 11.5 Å². The van der Waals surface area contributed by atoms with Gasteiger partial charge in [0, 0.05) is 34.8 Å². The first-order valence-electron chi connectivity index (χ1n) is 13.0. The molecule has 0 bridgehead atoms. The summed E-state index contributed by atoms with van der Waals surface area (Å²) in [6.45, 7) is 2.03. The number of nitro benzene ring substituents is 2. The van der Waals surface area contributed by atoms with E-state index < -0.39 is 15.8 Å². The summed E-state index contributed by atoms with van der Waals surface area (Å²) in [5.74, 6) is -1.60. The number of carbonyl (C=O) groups excluding carboxylic acids is 1. The number of nitriles is 1. The zero-order valence-electron chi connectivity index (χ0n) is 22.3. The maximum atomic E-state index is 14.0. The van der Waals surface area contributed by atoms with Crippen LogP contribution < -0.4 is 15.4 Å². The minimum absolute atomic E-state index is 0.0475. The van der Waals surface area contributed by atoms with Crippen molar-refractivity contribution in [1.29, 1.82) is 5.26 Å². The molecule has 1 aliphatic heterocycles. The molecule has 1 aliphatic carbocycles. The molecule has 11 nitrogen and oxygen atoms in total. The van der Waals surface area contributed by atoms with Gasteiger partial charge in [0.05, 0.1) is 40.1 Å². The second-order valence-electron chi connectivity index (χ2n) is 9.78. The van der Waals surface area contributed by atoms with E-state index in [9.17, 15) is 30.3 Å². The summed E-state index contributed by atoms with van der Waals surface area (Å²) in [7, 11) is 0. The Bertz CT molecular complexity index is 1730. The summed E-state index contributed by atoms with van der Waals surface area (Å²) in [6.07, 6.45) is 0.335. The third-order valence-corrected chi connectivity index (χ3v) is 7.78. The van der Waals surface area contributed by atoms with Gasteiger partial charge >= 0.3 is 0 Å². The molecular formula is C30H24ClN5O6. The van der Waals surface area contributed by atoms with E-state index in [1.165, 1.54) is 35.2 Å². The number of ether oxygens (including phenoxy) is 1. The van der Waals surface area contributed by atoms with E-state index >= 15 is 0 Å². The summed E-state index contributed by atoms with van der Waals surface area (Å²) in [5, 5.41) is 34.3. The Kier molecular flexibility index (Phi) is 7.65. The van der Waals surface area contributed by atoms with E-state index in [1.807, 2.05) is 30.3 Å². The van der Waals surface area contributed by atoms with E-state index in [-0.39, 0.29) is 81.5 Å². The monoisotopic (exact) mass is 585 g/mol. The fraction of sp³-hybridized carbons (Fsp3) is 0.200. The Morgan fingerprint density at radius 2 is 1.81 bits per heavy atom. The lowest BCUT2D eigenvalue weighted by Crippen LogP contribution is -2.40. The van der Waals surface area contributed by atoms with Crippen molar-refractivity contribution in [2.45, 2.75) is 31.6 Å². The predicted octanol–water partition coefficient (Wildman–Crippen LogP) is 6.25. The van der Waals surface area contributed by atoms with Crippen LogP contribution in [-0.4, -0.2) is 22.2 Å². The van der Waals surface area contributed by atoms with Gasteiger partial charge in [0.1, 0.15) is 17.3 Å². The molecule has 5 rings (SSSR count). The molecule has 0 amide bonds. The number of hydrogen-bond acceptors (Lipinski definition) is 9. The lowest BCUT2D eigenvalue weighted by Gasteiger charge is -2.41. The molecule has 0 saturated carbocycles. The Morgan fingerprint density at radius 1 is 1.07 bits per heavy atom. The molecule has 1 heterocycles. The van der Waals surface area contributed by atoms with E-state index in [0.29, 0.717) is 5.70 Å². The molecule has 0 unspecified atom stereocenters. The normalized spacial score (nSPS) is 18.4. The summed E-state index contributed by atoms with van der Waals surface area (Å²) in [5.41, 5.74) is 7.56. The van der Waals surface area contributed by atoms with Crippen LogP contribution in [0.2, 0.25) is 5.02 Å². The van der Waals surface area contributed by atoms with E-state index in [1.54, 1.807) is 13.0 Å². The summed E-state index contributed by atoms with van der Waals surface area (Å²) >= 11 is 6.53. The van der Waals surface area contributed by atoms with Crippen molar-refractivity contribution in [3.8, 4) is 11.8 Å². The van der Waals surface area contributed by atoms with Crippen LogP contribution in [0.3, 0.4) is 0 Å². The molecule has 12 heteroatoms. The topological polar surface area (TPSA) is 166 Å². The predicted molar refractivity (Wildman–Crippen MR) is 155 cm³/mol. The number of hydrogen-bond donors (Lipinski definition) is 1. The Balaban J connectivity index is 1.80. The van der Waals surface area contributed by atoms with Gasteiger partial charge in [-0.1, -0.05) is 41.9 Å². The van der Waals surface area contributed by atoms with Gasteiger partial charge in [-0.05, 0) is 48.6 Å².